The summed E-state index contributed by atoms with van der Waals surface area (Å²) in [6.07, 6.45) is 1.14. The van der Waals surface area contributed by atoms with Crippen molar-refractivity contribution in [2.45, 2.75) is 36.8 Å². The van der Waals surface area contributed by atoms with E-state index in [2.05, 4.69) is 22.3 Å². The Bertz CT molecular complexity index is 1060. The third kappa shape index (κ3) is 4.00. The molecule has 2 aromatic rings. The molecule has 4 atom stereocenters. The van der Waals surface area contributed by atoms with Gasteiger partial charge < -0.3 is 14.4 Å². The van der Waals surface area contributed by atoms with E-state index in [1.165, 1.54) is 0 Å². The summed E-state index contributed by atoms with van der Waals surface area (Å²) in [6.45, 7) is 3.45. The molecule has 2 saturated heterocycles. The number of rotatable bonds is 5. The number of carbonyl (C=O) groups is 1. The van der Waals surface area contributed by atoms with Crippen LogP contribution in [0.1, 0.15) is 34.5 Å². The molecule has 0 spiro atoms. The Balaban J connectivity index is 1.35. The summed E-state index contributed by atoms with van der Waals surface area (Å²) in [4.78, 5) is 26.0. The van der Waals surface area contributed by atoms with E-state index >= 15 is 0 Å². The molecule has 2 unspecified atom stereocenters. The highest BCUT2D eigenvalue weighted by atomic mass is 32.2. The largest absolute Gasteiger partial charge is 0.496 e. The van der Waals surface area contributed by atoms with E-state index < -0.39 is 12.0 Å². The fourth-order valence-corrected chi connectivity index (χ4v) is 6.48. The molecule has 2 N–H and O–H groups in total. The van der Waals surface area contributed by atoms with Gasteiger partial charge in [-0.3, -0.25) is 19.8 Å². The summed E-state index contributed by atoms with van der Waals surface area (Å²) in [5, 5.41) is 12.5. The molecule has 164 valence electrons. The number of hydrogen-bond acceptors (Lipinski definition) is 6. The number of likely N-dealkylation sites (tertiary alicyclic amines) is 1. The van der Waals surface area contributed by atoms with Crippen LogP contribution in [0.15, 0.2) is 41.2 Å². The van der Waals surface area contributed by atoms with Gasteiger partial charge in [-0.2, -0.15) is 0 Å². The SMILES string of the molecule is COc1ccc(C2NC(C(=O)O)CS2)cc1CN1C[C@H]2C[C@@H](C1)c1cccc(=O)n1C2. The minimum atomic E-state index is -0.803. The highest BCUT2D eigenvalue weighted by Crippen LogP contribution is 2.38. The molecule has 1 aromatic heterocycles. The lowest BCUT2D eigenvalue weighted by atomic mass is 9.83. The molecule has 4 heterocycles. The second-order valence-electron chi connectivity index (χ2n) is 8.73. The van der Waals surface area contributed by atoms with Gasteiger partial charge in [-0.15, -0.1) is 11.8 Å². The van der Waals surface area contributed by atoms with Crippen LogP contribution < -0.4 is 15.6 Å². The number of fused-ring (bicyclic) bond motifs is 4. The van der Waals surface area contributed by atoms with Gasteiger partial charge in [-0.25, -0.2) is 0 Å². The summed E-state index contributed by atoms with van der Waals surface area (Å²) in [6, 6.07) is 11.3. The van der Waals surface area contributed by atoms with E-state index in [1.807, 2.05) is 22.8 Å². The van der Waals surface area contributed by atoms with Crippen LogP contribution in [0.2, 0.25) is 0 Å². The Morgan fingerprint density at radius 1 is 1.26 bits per heavy atom. The molecule has 2 fully saturated rings. The zero-order valence-electron chi connectivity index (χ0n) is 17.5. The maximum atomic E-state index is 12.3. The average Bonchev–Trinajstić information content (AvgIpc) is 3.25. The summed E-state index contributed by atoms with van der Waals surface area (Å²) in [5.41, 5.74) is 3.46. The second-order valence-corrected chi connectivity index (χ2v) is 9.87. The first-order chi connectivity index (χ1) is 15.0. The molecule has 3 aliphatic heterocycles. The lowest BCUT2D eigenvalue weighted by Gasteiger charge is -2.43. The van der Waals surface area contributed by atoms with Crippen LogP contribution in [-0.4, -0.2) is 52.5 Å². The topological polar surface area (TPSA) is 83.8 Å². The number of benzene rings is 1. The number of carboxylic acids is 1. The number of hydrogen-bond donors (Lipinski definition) is 2. The Morgan fingerprint density at radius 2 is 2.13 bits per heavy atom. The number of piperidine rings is 1. The number of pyridine rings is 1. The third-order valence-corrected chi connectivity index (χ3v) is 7.90. The first-order valence-corrected chi connectivity index (χ1v) is 11.8. The number of carboxylic acid groups (broad SMARTS) is 1. The lowest BCUT2D eigenvalue weighted by Crippen LogP contribution is -2.46. The molecule has 5 rings (SSSR count). The number of thioether (sulfide) groups is 1. The van der Waals surface area contributed by atoms with Crippen molar-refractivity contribution in [2.24, 2.45) is 5.92 Å². The van der Waals surface area contributed by atoms with E-state index in [9.17, 15) is 14.7 Å². The summed E-state index contributed by atoms with van der Waals surface area (Å²) < 4.78 is 7.59. The van der Waals surface area contributed by atoms with Gasteiger partial charge in [0.15, 0.2) is 0 Å². The van der Waals surface area contributed by atoms with Crippen molar-refractivity contribution < 1.29 is 14.6 Å². The van der Waals surface area contributed by atoms with Crippen molar-refractivity contribution in [3.63, 3.8) is 0 Å². The number of aromatic nitrogens is 1. The molecule has 0 amide bonds. The fraction of sp³-hybridized carbons (Fsp3) is 0.478. The Hall–Kier alpha value is -2.29. The Labute approximate surface area is 185 Å². The molecule has 0 radical (unpaired) electrons. The molecule has 8 heteroatoms. The Morgan fingerprint density at radius 3 is 2.90 bits per heavy atom. The van der Waals surface area contributed by atoms with Crippen LogP contribution in [0.4, 0.5) is 0 Å². The number of methoxy groups -OCH3 is 1. The fourth-order valence-electron chi connectivity index (χ4n) is 5.26. The van der Waals surface area contributed by atoms with Crippen molar-refractivity contribution in [1.82, 2.24) is 14.8 Å². The first-order valence-electron chi connectivity index (χ1n) is 10.7. The molecular formula is C23H27N3O4S. The molecule has 2 bridgehead atoms. The van der Waals surface area contributed by atoms with E-state index in [4.69, 9.17) is 4.74 Å². The van der Waals surface area contributed by atoms with Crippen LogP contribution in [0, 0.1) is 5.92 Å². The van der Waals surface area contributed by atoms with Crippen molar-refractivity contribution >= 4 is 17.7 Å². The number of nitrogens with one attached hydrogen (secondary N) is 1. The summed E-state index contributed by atoms with van der Waals surface area (Å²) >= 11 is 1.63. The lowest BCUT2D eigenvalue weighted by molar-refractivity contribution is -0.138. The quantitative estimate of drug-likeness (QED) is 0.736. The maximum Gasteiger partial charge on any atom is 0.321 e. The van der Waals surface area contributed by atoms with Gasteiger partial charge in [0, 0.05) is 55.2 Å². The van der Waals surface area contributed by atoms with Gasteiger partial charge in [0.25, 0.3) is 5.56 Å². The van der Waals surface area contributed by atoms with E-state index in [-0.39, 0.29) is 10.9 Å². The monoisotopic (exact) mass is 441 g/mol. The number of aliphatic carboxylic acids is 1. The molecule has 3 aliphatic rings. The third-order valence-electron chi connectivity index (χ3n) is 6.64. The molecule has 1 aromatic carbocycles. The molecule has 7 nitrogen and oxygen atoms in total. The normalized spacial score (nSPS) is 27.6. The van der Waals surface area contributed by atoms with Crippen LogP contribution in [-0.2, 0) is 17.9 Å². The minimum Gasteiger partial charge on any atom is -0.496 e. The van der Waals surface area contributed by atoms with E-state index in [0.29, 0.717) is 17.6 Å². The van der Waals surface area contributed by atoms with Gasteiger partial charge in [0.05, 0.1) is 12.5 Å². The predicted molar refractivity (Wildman–Crippen MR) is 120 cm³/mol. The number of ether oxygens (including phenoxy) is 1. The highest BCUT2D eigenvalue weighted by Gasteiger charge is 2.35. The summed E-state index contributed by atoms with van der Waals surface area (Å²) in [7, 11) is 1.69. The van der Waals surface area contributed by atoms with Crippen LogP contribution in [0.5, 0.6) is 5.75 Å². The van der Waals surface area contributed by atoms with Gasteiger partial charge in [0.1, 0.15) is 11.8 Å². The maximum absolute atomic E-state index is 12.3. The second kappa shape index (κ2) is 8.33. The highest BCUT2D eigenvalue weighted by molar-refractivity contribution is 7.99. The van der Waals surface area contributed by atoms with E-state index in [0.717, 1.165) is 55.2 Å². The minimum absolute atomic E-state index is 0.0229. The molecule has 0 saturated carbocycles. The number of nitrogens with zero attached hydrogens (tertiary/aromatic N) is 2. The van der Waals surface area contributed by atoms with Crippen LogP contribution in [0.3, 0.4) is 0 Å². The predicted octanol–water partition coefficient (Wildman–Crippen LogP) is 2.26. The first kappa shape index (κ1) is 20.6. The van der Waals surface area contributed by atoms with E-state index in [1.54, 1.807) is 24.9 Å². The van der Waals surface area contributed by atoms with Crippen molar-refractivity contribution in [1.29, 1.82) is 0 Å². The molecule has 31 heavy (non-hydrogen) atoms. The molecule has 0 aliphatic carbocycles. The van der Waals surface area contributed by atoms with Gasteiger partial charge in [0.2, 0.25) is 0 Å². The van der Waals surface area contributed by atoms with Crippen LogP contribution in [0.25, 0.3) is 0 Å². The smallest absolute Gasteiger partial charge is 0.321 e. The Kier molecular flexibility index (Phi) is 5.54. The standard InChI is InChI=1S/C23H27N3O4S/c1-30-20-6-5-15(22-24-18(13-31-22)23(28)29)8-17(20)12-25-9-14-7-16(11-25)19-3-2-4-21(27)26(19)10-14/h2-6,8,14,16,18,22,24H,7,9-13H2,1H3,(H,28,29)/t14-,16+,18?,22?/m1/s1. The van der Waals surface area contributed by atoms with Gasteiger partial charge in [-0.1, -0.05) is 12.1 Å². The summed E-state index contributed by atoms with van der Waals surface area (Å²) in [5.74, 6) is 1.47. The van der Waals surface area contributed by atoms with Gasteiger partial charge in [-0.05, 0) is 36.1 Å². The van der Waals surface area contributed by atoms with Gasteiger partial charge >= 0.3 is 5.97 Å². The zero-order valence-corrected chi connectivity index (χ0v) is 18.3. The molecular weight excluding hydrogens is 414 g/mol. The average molecular weight is 442 g/mol. The zero-order chi connectivity index (χ0) is 21.5. The van der Waals surface area contributed by atoms with Crippen molar-refractivity contribution in [2.75, 3.05) is 26.0 Å². The van der Waals surface area contributed by atoms with Crippen LogP contribution >= 0.6 is 11.8 Å². The van der Waals surface area contributed by atoms with Crippen molar-refractivity contribution in [3.8, 4) is 5.75 Å². The van der Waals surface area contributed by atoms with Crippen molar-refractivity contribution in [3.05, 3.63) is 63.6 Å².